The molecule has 5 nitrogen and oxygen atoms in total. The molecule has 1 saturated carbocycles. The lowest BCUT2D eigenvalue weighted by Crippen LogP contribution is -2.41. The van der Waals surface area contributed by atoms with Crippen molar-refractivity contribution in [1.29, 1.82) is 0 Å². The lowest BCUT2D eigenvalue weighted by atomic mass is 10.1. The number of esters is 1. The van der Waals surface area contributed by atoms with Crippen LogP contribution in [0.5, 0.6) is 0 Å². The molecule has 106 valence electrons. The minimum atomic E-state index is -4.55. The van der Waals surface area contributed by atoms with Gasteiger partial charge in [-0.1, -0.05) is 12.8 Å². The molecule has 0 aromatic heterocycles. The fourth-order valence-corrected chi connectivity index (χ4v) is 2.84. The fourth-order valence-electron chi connectivity index (χ4n) is 2.04. The number of hydrogen-bond donors (Lipinski definition) is 1. The Morgan fingerprint density at radius 1 is 1.33 bits per heavy atom. The zero-order valence-corrected chi connectivity index (χ0v) is 11.2. The summed E-state index contributed by atoms with van der Waals surface area (Å²) in [5.74, 6) is -2.49. The van der Waals surface area contributed by atoms with Crippen LogP contribution in [0.15, 0.2) is 0 Å². The molecule has 0 heterocycles. The van der Waals surface area contributed by atoms with Crippen molar-refractivity contribution in [2.75, 3.05) is 5.75 Å². The Morgan fingerprint density at radius 2 is 1.83 bits per heavy atom. The van der Waals surface area contributed by atoms with Gasteiger partial charge in [0.2, 0.25) is 5.67 Å². The summed E-state index contributed by atoms with van der Waals surface area (Å²) in [6.07, 6.45) is 4.95. The largest absolute Gasteiger partial charge is 0.460 e. The van der Waals surface area contributed by atoms with Crippen LogP contribution < -0.4 is 0 Å². The quantitative estimate of drug-likeness (QED) is 0.483. The van der Waals surface area contributed by atoms with Crippen LogP contribution >= 0.6 is 0 Å². The highest BCUT2D eigenvalue weighted by Crippen LogP contribution is 2.23. The van der Waals surface area contributed by atoms with E-state index >= 15 is 0 Å². The molecule has 7 heteroatoms. The van der Waals surface area contributed by atoms with E-state index in [4.69, 9.17) is 9.29 Å². The Labute approximate surface area is 106 Å². The van der Waals surface area contributed by atoms with Crippen LogP contribution in [0.3, 0.4) is 0 Å². The van der Waals surface area contributed by atoms with Crippen LogP contribution in [-0.4, -0.2) is 36.5 Å². The summed E-state index contributed by atoms with van der Waals surface area (Å²) in [5, 5.41) is 0. The van der Waals surface area contributed by atoms with E-state index in [1.54, 1.807) is 0 Å². The molecule has 1 N–H and O–H groups in total. The molecule has 1 unspecified atom stereocenters. The molecule has 1 aliphatic carbocycles. The van der Waals surface area contributed by atoms with Crippen LogP contribution in [0.25, 0.3) is 0 Å². The van der Waals surface area contributed by atoms with Crippen molar-refractivity contribution in [2.24, 2.45) is 0 Å². The summed E-state index contributed by atoms with van der Waals surface area (Å²) in [6.45, 7) is 0.805. The first kappa shape index (κ1) is 15.4. The Hall–Kier alpha value is -0.690. The number of ether oxygens (including phenoxy) is 1. The van der Waals surface area contributed by atoms with Gasteiger partial charge in [0, 0.05) is 0 Å². The Kier molecular flexibility index (Phi) is 5.10. The monoisotopic (exact) mass is 282 g/mol. The number of rotatable bonds is 4. The van der Waals surface area contributed by atoms with Gasteiger partial charge in [0.15, 0.2) is 0 Å². The molecule has 1 atom stereocenters. The highest BCUT2D eigenvalue weighted by atomic mass is 32.2. The third-order valence-electron chi connectivity index (χ3n) is 2.95. The summed E-state index contributed by atoms with van der Waals surface area (Å²) in [6, 6.07) is 0. The van der Waals surface area contributed by atoms with E-state index in [9.17, 15) is 17.6 Å². The number of alkyl halides is 1. The van der Waals surface area contributed by atoms with E-state index in [0.717, 1.165) is 32.6 Å². The van der Waals surface area contributed by atoms with Crippen molar-refractivity contribution in [3.05, 3.63) is 0 Å². The van der Waals surface area contributed by atoms with Crippen molar-refractivity contribution in [1.82, 2.24) is 0 Å². The van der Waals surface area contributed by atoms with Crippen LogP contribution in [-0.2, 0) is 19.6 Å². The molecule has 0 bridgehead atoms. The zero-order valence-electron chi connectivity index (χ0n) is 10.4. The van der Waals surface area contributed by atoms with E-state index in [0.29, 0.717) is 12.8 Å². The second-order valence-electron chi connectivity index (χ2n) is 4.94. The normalized spacial score (nSPS) is 21.9. The van der Waals surface area contributed by atoms with Crippen LogP contribution in [0.4, 0.5) is 4.39 Å². The Morgan fingerprint density at radius 3 is 2.28 bits per heavy atom. The second-order valence-corrected chi connectivity index (χ2v) is 6.40. The molecule has 0 spiro atoms. The molecular formula is C11H19FO5S. The number of carbonyl (C=O) groups is 1. The second kappa shape index (κ2) is 5.97. The highest BCUT2D eigenvalue weighted by molar-refractivity contribution is 7.85. The zero-order chi connectivity index (χ0) is 13.8. The molecule has 0 aromatic rings. The van der Waals surface area contributed by atoms with Crippen LogP contribution in [0.2, 0.25) is 0 Å². The first-order chi connectivity index (χ1) is 8.21. The van der Waals surface area contributed by atoms with Gasteiger partial charge in [-0.25, -0.2) is 9.18 Å². The topological polar surface area (TPSA) is 80.7 Å². The van der Waals surface area contributed by atoms with Crippen LogP contribution in [0, 0.1) is 0 Å². The van der Waals surface area contributed by atoms with Gasteiger partial charge in [0.05, 0.1) is 0 Å². The minimum Gasteiger partial charge on any atom is -0.460 e. The van der Waals surface area contributed by atoms with E-state index in [1.807, 2.05) is 0 Å². The van der Waals surface area contributed by atoms with Gasteiger partial charge in [0.1, 0.15) is 11.9 Å². The average molecular weight is 282 g/mol. The third-order valence-corrected chi connectivity index (χ3v) is 3.86. The van der Waals surface area contributed by atoms with E-state index in [-0.39, 0.29) is 6.10 Å². The number of hydrogen-bond acceptors (Lipinski definition) is 4. The van der Waals surface area contributed by atoms with Crippen molar-refractivity contribution in [2.45, 2.75) is 57.2 Å². The summed E-state index contributed by atoms with van der Waals surface area (Å²) in [7, 11) is -4.55. The van der Waals surface area contributed by atoms with Crippen LogP contribution in [0.1, 0.15) is 45.4 Å². The SMILES string of the molecule is CC(F)(CS(=O)(=O)O)C(=O)OC1CCCCCC1. The predicted octanol–water partition coefficient (Wildman–Crippen LogP) is 1.87. The Balaban J connectivity index is 2.57. The average Bonchev–Trinajstić information content (AvgIpc) is 2.42. The number of halogens is 1. The first-order valence-electron chi connectivity index (χ1n) is 6.06. The molecule has 0 aromatic carbocycles. The summed E-state index contributed by atoms with van der Waals surface area (Å²) in [5.41, 5.74) is -2.71. The van der Waals surface area contributed by atoms with Gasteiger partial charge < -0.3 is 4.74 Å². The van der Waals surface area contributed by atoms with E-state index < -0.39 is 27.5 Å². The number of carbonyl (C=O) groups excluding carboxylic acids is 1. The smallest absolute Gasteiger partial charge is 0.345 e. The molecule has 1 rings (SSSR count). The maximum Gasteiger partial charge on any atom is 0.345 e. The summed E-state index contributed by atoms with van der Waals surface area (Å²) < 4.78 is 48.6. The molecular weight excluding hydrogens is 263 g/mol. The molecule has 0 amide bonds. The van der Waals surface area contributed by atoms with Gasteiger partial charge in [-0.05, 0) is 32.6 Å². The standard InChI is InChI=1S/C11H19FO5S/c1-11(12,8-18(14,15)16)10(13)17-9-6-4-2-3-5-7-9/h9H,2-8H2,1H3,(H,14,15,16). The van der Waals surface area contributed by atoms with E-state index in [1.165, 1.54) is 0 Å². The van der Waals surface area contributed by atoms with Crippen molar-refractivity contribution < 1.29 is 26.9 Å². The maximum atomic E-state index is 13.8. The minimum absolute atomic E-state index is 0.350. The van der Waals surface area contributed by atoms with Gasteiger partial charge >= 0.3 is 5.97 Å². The molecule has 18 heavy (non-hydrogen) atoms. The van der Waals surface area contributed by atoms with Crippen molar-refractivity contribution in [3.8, 4) is 0 Å². The maximum absolute atomic E-state index is 13.8. The molecule has 0 aliphatic heterocycles. The van der Waals surface area contributed by atoms with Gasteiger partial charge in [-0.15, -0.1) is 0 Å². The molecule has 0 radical (unpaired) electrons. The van der Waals surface area contributed by atoms with Crippen molar-refractivity contribution in [3.63, 3.8) is 0 Å². The predicted molar refractivity (Wildman–Crippen MR) is 63.5 cm³/mol. The lowest BCUT2D eigenvalue weighted by molar-refractivity contribution is -0.161. The summed E-state index contributed by atoms with van der Waals surface area (Å²) >= 11 is 0. The van der Waals surface area contributed by atoms with Crippen molar-refractivity contribution >= 4 is 16.1 Å². The van der Waals surface area contributed by atoms with Gasteiger partial charge in [-0.3, -0.25) is 4.55 Å². The molecule has 1 aliphatic rings. The summed E-state index contributed by atoms with van der Waals surface area (Å²) in [4.78, 5) is 11.6. The first-order valence-corrected chi connectivity index (χ1v) is 7.67. The third kappa shape index (κ3) is 5.30. The lowest BCUT2D eigenvalue weighted by Gasteiger charge is -2.22. The molecule has 0 saturated heterocycles. The Bertz CT molecular complexity index is 382. The molecule has 1 fully saturated rings. The van der Waals surface area contributed by atoms with Gasteiger partial charge in [-0.2, -0.15) is 8.42 Å². The van der Waals surface area contributed by atoms with Gasteiger partial charge in [0.25, 0.3) is 10.1 Å². The van der Waals surface area contributed by atoms with E-state index in [2.05, 4.69) is 0 Å². The fraction of sp³-hybridized carbons (Fsp3) is 0.909. The highest BCUT2D eigenvalue weighted by Gasteiger charge is 2.40.